The molecule has 0 fully saturated rings. The summed E-state index contributed by atoms with van der Waals surface area (Å²) in [6, 6.07) is 0. The predicted molar refractivity (Wildman–Crippen MR) is 54.3 cm³/mol. The SMILES string of the molecule is CC1=C(C)C(C)[C]=C1O[SiH](C)C. The maximum Gasteiger partial charge on any atom is 0.229 e. The third-order valence-electron chi connectivity index (χ3n) is 2.28. The highest BCUT2D eigenvalue weighted by Gasteiger charge is 2.19. The lowest BCUT2D eigenvalue weighted by molar-refractivity contribution is 0.449. The topological polar surface area (TPSA) is 9.23 Å². The van der Waals surface area contributed by atoms with Gasteiger partial charge in [0, 0.05) is 12.0 Å². The lowest BCUT2D eigenvalue weighted by atomic mass is 10.1. The van der Waals surface area contributed by atoms with Crippen molar-refractivity contribution in [1.29, 1.82) is 0 Å². The first-order valence-corrected chi connectivity index (χ1v) is 7.28. The van der Waals surface area contributed by atoms with Gasteiger partial charge in [0.15, 0.2) is 0 Å². The van der Waals surface area contributed by atoms with Gasteiger partial charge in [0.2, 0.25) is 9.04 Å². The molecule has 1 rings (SSSR count). The summed E-state index contributed by atoms with van der Waals surface area (Å²) in [5, 5.41) is 0. The maximum absolute atomic E-state index is 5.75. The molecule has 1 radical (unpaired) electrons. The molecular weight excluding hydrogens is 164 g/mol. The second-order valence-electron chi connectivity index (χ2n) is 3.67. The Morgan fingerprint density at radius 3 is 2.25 bits per heavy atom. The molecule has 0 spiro atoms. The van der Waals surface area contributed by atoms with Gasteiger partial charge in [-0.15, -0.1) is 0 Å². The van der Waals surface area contributed by atoms with E-state index in [0.717, 1.165) is 5.76 Å². The highest BCUT2D eigenvalue weighted by atomic mass is 28.3. The Kier molecular flexibility index (Phi) is 2.78. The van der Waals surface area contributed by atoms with Crippen LogP contribution < -0.4 is 0 Å². The van der Waals surface area contributed by atoms with Gasteiger partial charge in [-0.05, 0) is 32.5 Å². The smallest absolute Gasteiger partial charge is 0.229 e. The molecule has 0 aromatic rings. The molecule has 0 N–H and O–H groups in total. The fraction of sp³-hybridized carbons (Fsp3) is 0.600. The molecule has 1 aliphatic rings. The summed E-state index contributed by atoms with van der Waals surface area (Å²) in [5.74, 6) is 1.47. The first kappa shape index (κ1) is 9.58. The largest absolute Gasteiger partial charge is 0.547 e. The lowest BCUT2D eigenvalue weighted by Crippen LogP contribution is -2.07. The minimum atomic E-state index is -0.950. The molecule has 0 aromatic carbocycles. The summed E-state index contributed by atoms with van der Waals surface area (Å²) >= 11 is 0. The van der Waals surface area contributed by atoms with Crippen LogP contribution >= 0.6 is 0 Å². The van der Waals surface area contributed by atoms with Crippen LogP contribution in [0.4, 0.5) is 0 Å². The number of hydrogen-bond donors (Lipinski definition) is 0. The molecule has 1 aliphatic carbocycles. The van der Waals surface area contributed by atoms with E-state index >= 15 is 0 Å². The average molecular weight is 181 g/mol. The van der Waals surface area contributed by atoms with Crippen molar-refractivity contribution in [2.45, 2.75) is 33.9 Å². The summed E-state index contributed by atoms with van der Waals surface area (Å²) in [4.78, 5) is 0. The highest BCUT2D eigenvalue weighted by molar-refractivity contribution is 6.48. The van der Waals surface area contributed by atoms with Gasteiger partial charge >= 0.3 is 0 Å². The van der Waals surface area contributed by atoms with Crippen LogP contribution in [0.3, 0.4) is 0 Å². The van der Waals surface area contributed by atoms with Crippen molar-refractivity contribution in [2.24, 2.45) is 5.92 Å². The van der Waals surface area contributed by atoms with Gasteiger partial charge in [0.25, 0.3) is 0 Å². The van der Waals surface area contributed by atoms with Crippen molar-refractivity contribution in [2.75, 3.05) is 0 Å². The first-order chi connectivity index (χ1) is 5.52. The second-order valence-corrected chi connectivity index (χ2v) is 6.00. The Morgan fingerprint density at radius 2 is 1.92 bits per heavy atom. The Bertz CT molecular complexity index is 238. The zero-order valence-corrected chi connectivity index (χ0v) is 9.72. The molecule has 67 valence electrons. The average Bonchev–Trinajstić information content (AvgIpc) is 2.17. The van der Waals surface area contributed by atoms with Gasteiger partial charge in [-0.1, -0.05) is 12.5 Å². The molecule has 0 aromatic heterocycles. The van der Waals surface area contributed by atoms with Crippen molar-refractivity contribution in [3.05, 3.63) is 23.0 Å². The Hall–Kier alpha value is -0.503. The zero-order valence-electron chi connectivity index (χ0n) is 8.56. The zero-order chi connectivity index (χ0) is 9.30. The van der Waals surface area contributed by atoms with Crippen molar-refractivity contribution in [1.82, 2.24) is 0 Å². The minimum absolute atomic E-state index is 0.452. The lowest BCUT2D eigenvalue weighted by Gasteiger charge is -2.11. The van der Waals surface area contributed by atoms with Gasteiger partial charge in [-0.3, -0.25) is 0 Å². The fourth-order valence-corrected chi connectivity index (χ4v) is 1.99. The molecule has 2 heteroatoms. The van der Waals surface area contributed by atoms with Crippen molar-refractivity contribution >= 4 is 9.04 Å². The molecule has 0 bridgehead atoms. The van der Waals surface area contributed by atoms with Crippen molar-refractivity contribution in [3.8, 4) is 0 Å². The van der Waals surface area contributed by atoms with Gasteiger partial charge < -0.3 is 4.43 Å². The highest BCUT2D eigenvalue weighted by Crippen LogP contribution is 2.30. The van der Waals surface area contributed by atoms with E-state index in [4.69, 9.17) is 4.43 Å². The Morgan fingerprint density at radius 1 is 1.33 bits per heavy atom. The van der Waals surface area contributed by atoms with Gasteiger partial charge in [-0.2, -0.15) is 0 Å². The Balaban J connectivity index is 2.75. The van der Waals surface area contributed by atoms with Crippen LogP contribution in [-0.2, 0) is 4.43 Å². The molecule has 0 heterocycles. The summed E-state index contributed by atoms with van der Waals surface area (Å²) < 4.78 is 5.75. The van der Waals surface area contributed by atoms with Gasteiger partial charge in [0.1, 0.15) is 5.76 Å². The van der Waals surface area contributed by atoms with Crippen LogP contribution in [0.5, 0.6) is 0 Å². The quantitative estimate of drug-likeness (QED) is 0.595. The predicted octanol–water partition coefficient (Wildman–Crippen LogP) is 2.66. The van der Waals surface area contributed by atoms with Crippen LogP contribution in [0.2, 0.25) is 13.1 Å². The second kappa shape index (κ2) is 3.48. The maximum atomic E-state index is 5.75. The van der Waals surface area contributed by atoms with E-state index in [-0.39, 0.29) is 0 Å². The Labute approximate surface area is 76.9 Å². The van der Waals surface area contributed by atoms with Crippen LogP contribution in [0, 0.1) is 12.0 Å². The molecule has 1 atom stereocenters. The van der Waals surface area contributed by atoms with E-state index in [2.05, 4.69) is 39.9 Å². The van der Waals surface area contributed by atoms with E-state index in [1.54, 1.807) is 0 Å². The molecule has 0 saturated carbocycles. The third kappa shape index (κ3) is 1.80. The number of hydrogen-bond acceptors (Lipinski definition) is 1. The van der Waals surface area contributed by atoms with E-state index < -0.39 is 9.04 Å². The number of allylic oxidation sites excluding steroid dienone is 3. The van der Waals surface area contributed by atoms with Crippen LogP contribution in [0.25, 0.3) is 0 Å². The molecule has 0 saturated heterocycles. The van der Waals surface area contributed by atoms with E-state index in [1.807, 2.05) is 0 Å². The summed E-state index contributed by atoms with van der Waals surface area (Å²) in [5.41, 5.74) is 2.70. The van der Waals surface area contributed by atoms with E-state index in [0.29, 0.717) is 5.92 Å². The third-order valence-corrected chi connectivity index (χ3v) is 2.99. The molecule has 12 heavy (non-hydrogen) atoms. The van der Waals surface area contributed by atoms with E-state index in [9.17, 15) is 0 Å². The molecule has 0 aliphatic heterocycles. The first-order valence-electron chi connectivity index (χ1n) is 4.50. The minimum Gasteiger partial charge on any atom is -0.547 e. The monoisotopic (exact) mass is 181 g/mol. The number of rotatable bonds is 2. The summed E-state index contributed by atoms with van der Waals surface area (Å²) in [7, 11) is -0.950. The summed E-state index contributed by atoms with van der Waals surface area (Å²) in [6.07, 6.45) is 3.34. The standard InChI is InChI=1S/C10H17OSi/c1-7-6-10(11-12(4)5)9(3)8(7)2/h7,12H,1-5H3. The van der Waals surface area contributed by atoms with Crippen molar-refractivity contribution in [3.63, 3.8) is 0 Å². The van der Waals surface area contributed by atoms with Gasteiger partial charge in [-0.25, -0.2) is 0 Å². The van der Waals surface area contributed by atoms with Gasteiger partial charge in [0.05, 0.1) is 0 Å². The molecule has 1 unspecified atom stereocenters. The van der Waals surface area contributed by atoms with Crippen molar-refractivity contribution < 1.29 is 4.43 Å². The van der Waals surface area contributed by atoms with E-state index in [1.165, 1.54) is 11.1 Å². The summed E-state index contributed by atoms with van der Waals surface area (Å²) in [6.45, 7) is 10.8. The molecule has 1 nitrogen and oxygen atoms in total. The fourth-order valence-electron chi connectivity index (χ4n) is 1.28. The molecular formula is C10H17OSi. The normalized spacial score (nSPS) is 23.5. The van der Waals surface area contributed by atoms with Crippen LogP contribution in [-0.4, -0.2) is 9.04 Å². The van der Waals surface area contributed by atoms with Crippen LogP contribution in [0.15, 0.2) is 16.9 Å². The molecule has 0 amide bonds. The van der Waals surface area contributed by atoms with Crippen LogP contribution in [0.1, 0.15) is 20.8 Å².